The van der Waals surface area contributed by atoms with Gasteiger partial charge >= 0.3 is 0 Å². The summed E-state index contributed by atoms with van der Waals surface area (Å²) in [6.45, 7) is 3.91. The SMILES string of the molecule is CC1CN(Cc2ccccc2)CCC1(O)c1c(F)cc(F)c2ccoc12. The van der Waals surface area contributed by atoms with E-state index < -0.39 is 17.2 Å². The second kappa shape index (κ2) is 6.49. The van der Waals surface area contributed by atoms with E-state index in [-0.39, 0.29) is 22.5 Å². The van der Waals surface area contributed by atoms with Gasteiger partial charge in [0.1, 0.15) is 22.8 Å². The maximum atomic E-state index is 14.6. The average Bonchev–Trinajstić information content (AvgIpc) is 3.09. The van der Waals surface area contributed by atoms with Crippen molar-refractivity contribution in [2.45, 2.75) is 25.5 Å². The first-order valence-corrected chi connectivity index (χ1v) is 8.83. The molecule has 0 aliphatic carbocycles. The normalized spacial score (nSPS) is 24.2. The van der Waals surface area contributed by atoms with E-state index in [2.05, 4.69) is 17.0 Å². The molecule has 1 aliphatic heterocycles. The van der Waals surface area contributed by atoms with Gasteiger partial charge in [-0.25, -0.2) is 8.78 Å². The monoisotopic (exact) mass is 357 g/mol. The van der Waals surface area contributed by atoms with Crippen LogP contribution in [0.1, 0.15) is 24.5 Å². The van der Waals surface area contributed by atoms with Gasteiger partial charge in [0.15, 0.2) is 0 Å². The van der Waals surface area contributed by atoms with Crippen molar-refractivity contribution in [2.75, 3.05) is 13.1 Å². The number of furan rings is 1. The Morgan fingerprint density at radius 2 is 1.96 bits per heavy atom. The molecule has 4 rings (SSSR count). The van der Waals surface area contributed by atoms with Gasteiger partial charge in [-0.05, 0) is 18.1 Å². The highest BCUT2D eigenvalue weighted by atomic mass is 19.1. The van der Waals surface area contributed by atoms with Gasteiger partial charge in [0.25, 0.3) is 0 Å². The zero-order chi connectivity index (χ0) is 18.3. The summed E-state index contributed by atoms with van der Waals surface area (Å²) < 4.78 is 33.9. The first-order valence-electron chi connectivity index (χ1n) is 8.83. The van der Waals surface area contributed by atoms with Gasteiger partial charge in [-0.2, -0.15) is 0 Å². The largest absolute Gasteiger partial charge is 0.464 e. The first kappa shape index (κ1) is 17.2. The highest BCUT2D eigenvalue weighted by Crippen LogP contribution is 2.43. The van der Waals surface area contributed by atoms with Crippen LogP contribution in [0.25, 0.3) is 11.0 Å². The van der Waals surface area contributed by atoms with Gasteiger partial charge in [-0.3, -0.25) is 4.90 Å². The topological polar surface area (TPSA) is 36.6 Å². The molecule has 3 nitrogen and oxygen atoms in total. The lowest BCUT2D eigenvalue weighted by molar-refractivity contribution is -0.0744. The van der Waals surface area contributed by atoms with Gasteiger partial charge in [0.05, 0.1) is 17.2 Å². The predicted octanol–water partition coefficient (Wildman–Crippen LogP) is 4.44. The van der Waals surface area contributed by atoms with Crippen LogP contribution in [0.4, 0.5) is 8.78 Å². The second-order valence-corrected chi connectivity index (χ2v) is 7.17. The van der Waals surface area contributed by atoms with E-state index in [1.165, 1.54) is 17.9 Å². The lowest BCUT2D eigenvalue weighted by atomic mass is 9.76. The van der Waals surface area contributed by atoms with Crippen LogP contribution >= 0.6 is 0 Å². The standard InChI is InChI=1S/C21H21F2NO2/c1-14-12-24(13-15-5-3-2-4-6-15)9-8-21(14,25)19-18(23)11-17(22)16-7-10-26-20(16)19/h2-7,10-11,14,25H,8-9,12-13H2,1H3. The van der Waals surface area contributed by atoms with Crippen molar-refractivity contribution in [3.05, 3.63) is 71.5 Å². The molecule has 0 bridgehead atoms. The first-order chi connectivity index (χ1) is 12.5. The molecule has 136 valence electrons. The third kappa shape index (κ3) is 2.81. The van der Waals surface area contributed by atoms with E-state index in [4.69, 9.17) is 4.42 Å². The van der Waals surface area contributed by atoms with Crippen LogP contribution in [0.5, 0.6) is 0 Å². The molecule has 1 N–H and O–H groups in total. The predicted molar refractivity (Wildman–Crippen MR) is 95.5 cm³/mol. The van der Waals surface area contributed by atoms with Crippen molar-refractivity contribution in [1.29, 1.82) is 0 Å². The van der Waals surface area contributed by atoms with Crippen molar-refractivity contribution in [3.63, 3.8) is 0 Å². The molecule has 2 aromatic carbocycles. The molecule has 1 saturated heterocycles. The number of rotatable bonds is 3. The van der Waals surface area contributed by atoms with E-state index in [1.807, 2.05) is 25.1 Å². The van der Waals surface area contributed by atoms with Gasteiger partial charge in [-0.15, -0.1) is 0 Å². The van der Waals surface area contributed by atoms with Crippen molar-refractivity contribution < 1.29 is 18.3 Å². The number of benzene rings is 2. The highest BCUT2D eigenvalue weighted by Gasteiger charge is 2.44. The van der Waals surface area contributed by atoms with Crippen molar-refractivity contribution in [1.82, 2.24) is 4.90 Å². The Hall–Kier alpha value is -2.24. The van der Waals surface area contributed by atoms with Crippen LogP contribution in [-0.2, 0) is 12.1 Å². The minimum absolute atomic E-state index is 0.0748. The minimum Gasteiger partial charge on any atom is -0.464 e. The zero-order valence-corrected chi connectivity index (χ0v) is 14.6. The van der Waals surface area contributed by atoms with Gasteiger partial charge in [0.2, 0.25) is 0 Å². The molecule has 3 aromatic rings. The fourth-order valence-electron chi connectivity index (χ4n) is 4.03. The van der Waals surface area contributed by atoms with Crippen LogP contribution in [0.3, 0.4) is 0 Å². The molecular weight excluding hydrogens is 336 g/mol. The van der Waals surface area contributed by atoms with Crippen LogP contribution in [0, 0.1) is 17.6 Å². The van der Waals surface area contributed by atoms with E-state index in [0.717, 1.165) is 12.6 Å². The second-order valence-electron chi connectivity index (χ2n) is 7.17. The van der Waals surface area contributed by atoms with Crippen LogP contribution in [0.2, 0.25) is 0 Å². The Morgan fingerprint density at radius 1 is 1.19 bits per heavy atom. The number of fused-ring (bicyclic) bond motifs is 1. The fourth-order valence-corrected chi connectivity index (χ4v) is 4.03. The number of piperidine rings is 1. The summed E-state index contributed by atoms with van der Waals surface area (Å²) in [5.41, 5.74) is -0.00759. The lowest BCUT2D eigenvalue weighted by Gasteiger charge is -2.43. The average molecular weight is 357 g/mol. The summed E-state index contributed by atoms with van der Waals surface area (Å²) >= 11 is 0. The number of likely N-dealkylation sites (tertiary alicyclic amines) is 1. The van der Waals surface area contributed by atoms with E-state index in [1.54, 1.807) is 0 Å². The van der Waals surface area contributed by atoms with Crippen molar-refractivity contribution in [3.8, 4) is 0 Å². The lowest BCUT2D eigenvalue weighted by Crippen LogP contribution is -2.49. The molecule has 0 spiro atoms. The smallest absolute Gasteiger partial charge is 0.145 e. The third-order valence-corrected chi connectivity index (χ3v) is 5.48. The molecule has 2 heterocycles. The number of hydrogen-bond donors (Lipinski definition) is 1. The maximum absolute atomic E-state index is 14.6. The Kier molecular flexibility index (Phi) is 4.29. The van der Waals surface area contributed by atoms with Gasteiger partial charge in [-0.1, -0.05) is 37.3 Å². The van der Waals surface area contributed by atoms with E-state index in [9.17, 15) is 13.9 Å². The summed E-state index contributed by atoms with van der Waals surface area (Å²) in [5, 5.41) is 11.5. The van der Waals surface area contributed by atoms with Crippen molar-refractivity contribution >= 4 is 11.0 Å². The molecule has 2 atom stereocenters. The number of nitrogens with zero attached hydrogens (tertiary/aromatic N) is 1. The van der Waals surface area contributed by atoms with E-state index in [0.29, 0.717) is 19.5 Å². The molecular formula is C21H21F2NO2. The highest BCUT2D eigenvalue weighted by molar-refractivity contribution is 5.82. The van der Waals surface area contributed by atoms with Crippen LogP contribution in [0.15, 0.2) is 53.1 Å². The Balaban J connectivity index is 1.63. The van der Waals surface area contributed by atoms with Crippen LogP contribution < -0.4 is 0 Å². The third-order valence-electron chi connectivity index (χ3n) is 5.48. The molecule has 1 aromatic heterocycles. The van der Waals surface area contributed by atoms with Crippen molar-refractivity contribution in [2.24, 2.45) is 5.92 Å². The molecule has 0 saturated carbocycles. The maximum Gasteiger partial charge on any atom is 0.145 e. The van der Waals surface area contributed by atoms with Gasteiger partial charge in [0, 0.05) is 31.6 Å². The van der Waals surface area contributed by atoms with Gasteiger partial charge < -0.3 is 9.52 Å². The molecule has 26 heavy (non-hydrogen) atoms. The summed E-state index contributed by atoms with van der Waals surface area (Å²) in [4.78, 5) is 2.25. The Bertz CT molecular complexity index is 924. The Morgan fingerprint density at radius 3 is 2.69 bits per heavy atom. The number of aliphatic hydroxyl groups is 1. The number of halogens is 2. The Labute approximate surface area is 150 Å². The van der Waals surface area contributed by atoms with Crippen LogP contribution in [-0.4, -0.2) is 23.1 Å². The quantitative estimate of drug-likeness (QED) is 0.753. The molecule has 5 heteroatoms. The molecule has 0 amide bonds. The summed E-state index contributed by atoms with van der Waals surface area (Å²) in [5.74, 6) is -1.66. The number of hydrogen-bond acceptors (Lipinski definition) is 3. The summed E-state index contributed by atoms with van der Waals surface area (Å²) in [6.07, 6.45) is 1.69. The minimum atomic E-state index is -1.39. The molecule has 2 unspecified atom stereocenters. The van der Waals surface area contributed by atoms with E-state index >= 15 is 0 Å². The fraction of sp³-hybridized carbons (Fsp3) is 0.333. The molecule has 1 fully saturated rings. The summed E-state index contributed by atoms with van der Waals surface area (Å²) in [6, 6.07) is 12.4. The molecule has 0 radical (unpaired) electrons. The summed E-state index contributed by atoms with van der Waals surface area (Å²) in [7, 11) is 0. The zero-order valence-electron chi connectivity index (χ0n) is 14.6. The molecule has 1 aliphatic rings.